The standard InChI is InChI=1S/C16H19N3O2S/c1-11-8-19(9-12(2)21-11)15-4-3-14(7-17-15)18-16(20)13-5-6-22-10-13/h3-7,10-12H,8-9H2,1-2H3,(H,18,20)/t11-,12-/m0/s1. The van der Waals surface area contributed by atoms with Gasteiger partial charge in [0.1, 0.15) is 5.82 Å². The zero-order chi connectivity index (χ0) is 15.5. The smallest absolute Gasteiger partial charge is 0.256 e. The highest BCUT2D eigenvalue weighted by Gasteiger charge is 2.23. The molecular formula is C16H19N3O2S. The van der Waals surface area contributed by atoms with Crippen LogP contribution < -0.4 is 10.2 Å². The van der Waals surface area contributed by atoms with Crippen LogP contribution in [0.5, 0.6) is 0 Å². The molecule has 3 heterocycles. The average molecular weight is 317 g/mol. The van der Waals surface area contributed by atoms with Crippen molar-refractivity contribution in [2.45, 2.75) is 26.1 Å². The first-order valence-electron chi connectivity index (χ1n) is 7.32. The molecule has 2 aromatic heterocycles. The number of carbonyl (C=O) groups is 1. The van der Waals surface area contributed by atoms with E-state index >= 15 is 0 Å². The molecule has 0 spiro atoms. The number of nitrogens with zero attached hydrogens (tertiary/aromatic N) is 2. The van der Waals surface area contributed by atoms with Crippen molar-refractivity contribution in [2.75, 3.05) is 23.3 Å². The lowest BCUT2D eigenvalue weighted by molar-refractivity contribution is -0.00545. The van der Waals surface area contributed by atoms with Gasteiger partial charge in [-0.3, -0.25) is 4.79 Å². The first-order chi connectivity index (χ1) is 10.6. The van der Waals surface area contributed by atoms with Crippen molar-refractivity contribution >= 4 is 28.7 Å². The molecule has 3 rings (SSSR count). The number of pyridine rings is 1. The Hall–Kier alpha value is -1.92. The van der Waals surface area contributed by atoms with Crippen LogP contribution >= 0.6 is 11.3 Å². The van der Waals surface area contributed by atoms with Crippen LogP contribution in [0.1, 0.15) is 24.2 Å². The van der Waals surface area contributed by atoms with Gasteiger partial charge in [-0.05, 0) is 37.4 Å². The fraction of sp³-hybridized carbons (Fsp3) is 0.375. The number of nitrogens with one attached hydrogen (secondary N) is 1. The molecule has 2 aromatic rings. The quantitative estimate of drug-likeness (QED) is 0.945. The predicted octanol–water partition coefficient (Wildman–Crippen LogP) is 3.01. The van der Waals surface area contributed by atoms with Crippen molar-refractivity contribution in [3.05, 3.63) is 40.7 Å². The number of thiophene rings is 1. The summed E-state index contributed by atoms with van der Waals surface area (Å²) in [5, 5.41) is 6.57. The summed E-state index contributed by atoms with van der Waals surface area (Å²) in [6.07, 6.45) is 2.09. The molecule has 1 saturated heterocycles. The molecule has 1 N–H and O–H groups in total. The first-order valence-corrected chi connectivity index (χ1v) is 8.26. The third kappa shape index (κ3) is 3.45. The van der Waals surface area contributed by atoms with Crippen molar-refractivity contribution in [2.24, 2.45) is 0 Å². The molecule has 6 heteroatoms. The third-order valence-corrected chi connectivity index (χ3v) is 4.22. The molecular weight excluding hydrogens is 298 g/mol. The first kappa shape index (κ1) is 15.0. The van der Waals surface area contributed by atoms with Gasteiger partial charge in [-0.2, -0.15) is 11.3 Å². The SMILES string of the molecule is C[C@H]1CN(c2ccc(NC(=O)c3ccsc3)cn2)C[C@H](C)O1. The molecule has 0 radical (unpaired) electrons. The van der Waals surface area contributed by atoms with Crippen LogP contribution in [0.2, 0.25) is 0 Å². The number of carbonyl (C=O) groups excluding carboxylic acids is 1. The van der Waals surface area contributed by atoms with Gasteiger partial charge in [-0.15, -0.1) is 0 Å². The molecule has 0 aliphatic carbocycles. The summed E-state index contributed by atoms with van der Waals surface area (Å²) >= 11 is 1.51. The number of amides is 1. The molecule has 2 atom stereocenters. The number of hydrogen-bond acceptors (Lipinski definition) is 5. The van der Waals surface area contributed by atoms with E-state index in [0.717, 1.165) is 18.9 Å². The predicted molar refractivity (Wildman–Crippen MR) is 88.7 cm³/mol. The Morgan fingerprint density at radius 1 is 1.32 bits per heavy atom. The highest BCUT2D eigenvalue weighted by molar-refractivity contribution is 7.08. The van der Waals surface area contributed by atoms with Gasteiger partial charge in [0.05, 0.1) is 29.7 Å². The van der Waals surface area contributed by atoms with Crippen LogP contribution in [0.3, 0.4) is 0 Å². The van der Waals surface area contributed by atoms with E-state index in [1.807, 2.05) is 22.9 Å². The topological polar surface area (TPSA) is 54.5 Å². The average Bonchev–Trinajstić information content (AvgIpc) is 3.01. The van der Waals surface area contributed by atoms with Gasteiger partial charge < -0.3 is 15.0 Å². The molecule has 5 nitrogen and oxygen atoms in total. The lowest BCUT2D eigenvalue weighted by Gasteiger charge is -2.36. The molecule has 22 heavy (non-hydrogen) atoms. The zero-order valence-corrected chi connectivity index (χ0v) is 13.5. The Morgan fingerprint density at radius 2 is 2.09 bits per heavy atom. The summed E-state index contributed by atoms with van der Waals surface area (Å²) in [6, 6.07) is 5.63. The maximum Gasteiger partial charge on any atom is 0.256 e. The second-order valence-corrected chi connectivity index (χ2v) is 6.31. The van der Waals surface area contributed by atoms with Gasteiger partial charge in [-0.25, -0.2) is 4.98 Å². The van der Waals surface area contributed by atoms with E-state index in [1.165, 1.54) is 11.3 Å². The molecule has 0 bridgehead atoms. The maximum atomic E-state index is 12.0. The van der Waals surface area contributed by atoms with Crippen LogP contribution in [0.4, 0.5) is 11.5 Å². The maximum absolute atomic E-state index is 12.0. The molecule has 1 amide bonds. The lowest BCUT2D eigenvalue weighted by atomic mass is 10.2. The van der Waals surface area contributed by atoms with Crippen molar-refractivity contribution in [3.63, 3.8) is 0 Å². The fourth-order valence-electron chi connectivity index (χ4n) is 2.61. The minimum atomic E-state index is -0.107. The number of ether oxygens (including phenoxy) is 1. The van der Waals surface area contributed by atoms with E-state index in [2.05, 4.69) is 29.0 Å². The van der Waals surface area contributed by atoms with E-state index < -0.39 is 0 Å². The van der Waals surface area contributed by atoms with E-state index in [1.54, 1.807) is 12.3 Å². The second-order valence-electron chi connectivity index (χ2n) is 5.53. The highest BCUT2D eigenvalue weighted by Crippen LogP contribution is 2.20. The monoisotopic (exact) mass is 317 g/mol. The largest absolute Gasteiger partial charge is 0.372 e. The molecule has 1 fully saturated rings. The minimum Gasteiger partial charge on any atom is -0.372 e. The Kier molecular flexibility index (Phi) is 4.40. The number of morpholine rings is 1. The van der Waals surface area contributed by atoms with E-state index in [-0.39, 0.29) is 18.1 Å². The summed E-state index contributed by atoms with van der Waals surface area (Å²) < 4.78 is 5.73. The Bertz CT molecular complexity index is 617. The van der Waals surface area contributed by atoms with Crippen LogP contribution in [0.25, 0.3) is 0 Å². The van der Waals surface area contributed by atoms with Gasteiger partial charge in [0.2, 0.25) is 0 Å². The van der Waals surface area contributed by atoms with Crippen LogP contribution in [0.15, 0.2) is 35.2 Å². The lowest BCUT2D eigenvalue weighted by Crippen LogP contribution is -2.45. The molecule has 1 aliphatic heterocycles. The van der Waals surface area contributed by atoms with E-state index in [4.69, 9.17) is 4.74 Å². The molecule has 1 aliphatic rings. The van der Waals surface area contributed by atoms with E-state index in [0.29, 0.717) is 11.3 Å². The normalized spacial score (nSPS) is 21.6. The zero-order valence-electron chi connectivity index (χ0n) is 12.7. The van der Waals surface area contributed by atoms with E-state index in [9.17, 15) is 4.79 Å². The number of anilines is 2. The van der Waals surface area contributed by atoms with Gasteiger partial charge in [0.25, 0.3) is 5.91 Å². The van der Waals surface area contributed by atoms with Crippen molar-refractivity contribution in [3.8, 4) is 0 Å². The molecule has 0 aromatic carbocycles. The molecule has 116 valence electrons. The van der Waals surface area contributed by atoms with Gasteiger partial charge in [0, 0.05) is 18.5 Å². The fourth-order valence-corrected chi connectivity index (χ4v) is 3.24. The summed E-state index contributed by atoms with van der Waals surface area (Å²) in [7, 11) is 0. The van der Waals surface area contributed by atoms with Crippen molar-refractivity contribution in [1.82, 2.24) is 4.98 Å². The number of rotatable bonds is 3. The molecule has 0 unspecified atom stereocenters. The summed E-state index contributed by atoms with van der Waals surface area (Å²) in [6.45, 7) is 5.80. The van der Waals surface area contributed by atoms with Crippen molar-refractivity contribution in [1.29, 1.82) is 0 Å². The number of hydrogen-bond donors (Lipinski definition) is 1. The van der Waals surface area contributed by atoms with Crippen molar-refractivity contribution < 1.29 is 9.53 Å². The Balaban J connectivity index is 1.66. The summed E-state index contributed by atoms with van der Waals surface area (Å²) in [4.78, 5) is 18.7. The number of aromatic nitrogens is 1. The highest BCUT2D eigenvalue weighted by atomic mass is 32.1. The third-order valence-electron chi connectivity index (χ3n) is 3.53. The Morgan fingerprint density at radius 3 is 2.68 bits per heavy atom. The van der Waals surface area contributed by atoms with Crippen LogP contribution in [-0.2, 0) is 4.74 Å². The minimum absolute atomic E-state index is 0.107. The Labute approximate surface area is 133 Å². The van der Waals surface area contributed by atoms with Gasteiger partial charge in [0.15, 0.2) is 0 Å². The summed E-state index contributed by atoms with van der Waals surface area (Å²) in [5.41, 5.74) is 1.37. The van der Waals surface area contributed by atoms with Crippen LogP contribution in [0, 0.1) is 0 Å². The van der Waals surface area contributed by atoms with Gasteiger partial charge >= 0.3 is 0 Å². The van der Waals surface area contributed by atoms with Crippen LogP contribution in [-0.4, -0.2) is 36.2 Å². The summed E-state index contributed by atoms with van der Waals surface area (Å²) in [5.74, 6) is 0.806. The van der Waals surface area contributed by atoms with Gasteiger partial charge in [-0.1, -0.05) is 0 Å². The second kappa shape index (κ2) is 6.46. The molecule has 0 saturated carbocycles.